The summed E-state index contributed by atoms with van der Waals surface area (Å²) < 4.78 is 0. The summed E-state index contributed by atoms with van der Waals surface area (Å²) in [5, 5.41) is 0. The Bertz CT molecular complexity index is 176. The molecule has 1 aliphatic carbocycles. The highest BCUT2D eigenvalue weighted by atomic mass is 14.5. The van der Waals surface area contributed by atoms with Crippen LogP contribution in [-0.2, 0) is 0 Å². The Hall–Kier alpha value is 0. The molecule has 1 saturated carbocycles. The van der Waals surface area contributed by atoms with E-state index in [9.17, 15) is 0 Å². The van der Waals surface area contributed by atoms with Gasteiger partial charge in [-0.3, -0.25) is 0 Å². The van der Waals surface area contributed by atoms with Gasteiger partial charge in [-0.2, -0.15) is 0 Å². The summed E-state index contributed by atoms with van der Waals surface area (Å²) in [5.41, 5.74) is 1.54. The first-order valence-corrected chi connectivity index (χ1v) is 5.57. The van der Waals surface area contributed by atoms with Gasteiger partial charge >= 0.3 is 0 Å². The summed E-state index contributed by atoms with van der Waals surface area (Å²) >= 11 is 0. The van der Waals surface area contributed by atoms with Gasteiger partial charge in [-0.25, -0.2) is 0 Å². The van der Waals surface area contributed by atoms with E-state index >= 15 is 0 Å². The van der Waals surface area contributed by atoms with Gasteiger partial charge < -0.3 is 0 Å². The molecule has 0 heterocycles. The summed E-state index contributed by atoms with van der Waals surface area (Å²) in [5.74, 6) is 0.827. The second kappa shape index (κ2) is 2.74. The van der Waals surface area contributed by atoms with Crippen LogP contribution < -0.4 is 0 Å². The molecular formula is C13H26. The summed E-state index contributed by atoms with van der Waals surface area (Å²) in [6.45, 7) is 17.0. The summed E-state index contributed by atoms with van der Waals surface area (Å²) in [4.78, 5) is 0. The minimum atomic E-state index is 0.505. The lowest BCUT2D eigenvalue weighted by Crippen LogP contribution is -2.45. The van der Waals surface area contributed by atoms with Crippen LogP contribution >= 0.6 is 0 Å². The van der Waals surface area contributed by atoms with Gasteiger partial charge in [-0.05, 0) is 35.0 Å². The van der Waals surface area contributed by atoms with Crippen LogP contribution in [0.25, 0.3) is 0 Å². The van der Waals surface area contributed by atoms with E-state index in [2.05, 4.69) is 48.5 Å². The topological polar surface area (TPSA) is 0 Å². The zero-order chi connectivity index (χ0) is 10.5. The van der Waals surface area contributed by atoms with E-state index in [1.807, 2.05) is 0 Å². The molecule has 0 saturated heterocycles. The normalized spacial score (nSPS) is 31.6. The highest BCUT2D eigenvalue weighted by Gasteiger charge is 2.47. The van der Waals surface area contributed by atoms with Crippen molar-refractivity contribution in [2.24, 2.45) is 22.2 Å². The van der Waals surface area contributed by atoms with Crippen molar-refractivity contribution in [2.45, 2.75) is 61.3 Å². The summed E-state index contributed by atoms with van der Waals surface area (Å²) in [6.07, 6.45) is 2.73. The van der Waals surface area contributed by atoms with Crippen LogP contribution in [0.2, 0.25) is 0 Å². The van der Waals surface area contributed by atoms with Gasteiger partial charge in [0.1, 0.15) is 0 Å². The molecule has 0 bridgehead atoms. The Morgan fingerprint density at radius 1 is 0.769 bits per heavy atom. The largest absolute Gasteiger partial charge is 0.0615 e. The second-order valence-corrected chi connectivity index (χ2v) is 7.22. The van der Waals surface area contributed by atoms with Crippen LogP contribution in [0.15, 0.2) is 0 Å². The molecule has 0 spiro atoms. The average molecular weight is 182 g/mol. The fraction of sp³-hybridized carbons (Fsp3) is 1.00. The Balaban J connectivity index is 2.96. The highest BCUT2D eigenvalue weighted by Crippen LogP contribution is 2.57. The van der Waals surface area contributed by atoms with Crippen molar-refractivity contribution in [3.05, 3.63) is 0 Å². The van der Waals surface area contributed by atoms with E-state index in [0.717, 1.165) is 5.92 Å². The monoisotopic (exact) mass is 182 g/mol. The van der Waals surface area contributed by atoms with Gasteiger partial charge in [0.05, 0.1) is 0 Å². The molecule has 0 aromatic heterocycles. The van der Waals surface area contributed by atoms with Gasteiger partial charge in [-0.15, -0.1) is 0 Å². The Kier molecular flexibility index (Phi) is 2.34. The Morgan fingerprint density at radius 3 is 1.38 bits per heavy atom. The lowest BCUT2D eigenvalue weighted by atomic mass is 9.51. The van der Waals surface area contributed by atoms with E-state index in [-0.39, 0.29) is 0 Å². The first kappa shape index (κ1) is 11.1. The third-order valence-corrected chi connectivity index (χ3v) is 4.21. The van der Waals surface area contributed by atoms with Crippen LogP contribution in [0, 0.1) is 22.2 Å². The van der Waals surface area contributed by atoms with Crippen molar-refractivity contribution in [3.63, 3.8) is 0 Å². The van der Waals surface area contributed by atoms with Crippen LogP contribution in [0.5, 0.6) is 0 Å². The molecule has 1 fully saturated rings. The first-order chi connectivity index (χ1) is 5.57. The first-order valence-electron chi connectivity index (χ1n) is 5.57. The Labute approximate surface area is 84.1 Å². The zero-order valence-electron chi connectivity index (χ0n) is 10.5. The quantitative estimate of drug-likeness (QED) is 0.517. The molecule has 13 heavy (non-hydrogen) atoms. The fourth-order valence-corrected chi connectivity index (χ4v) is 3.89. The minimum absolute atomic E-state index is 0.505. The van der Waals surface area contributed by atoms with E-state index in [1.54, 1.807) is 0 Å². The van der Waals surface area contributed by atoms with Crippen molar-refractivity contribution >= 4 is 0 Å². The van der Waals surface area contributed by atoms with Gasteiger partial charge in [0.15, 0.2) is 0 Å². The van der Waals surface area contributed by atoms with Gasteiger partial charge in [0.25, 0.3) is 0 Å². The molecular weight excluding hydrogens is 156 g/mol. The highest BCUT2D eigenvalue weighted by molar-refractivity contribution is 4.97. The molecule has 0 amide bonds. The standard InChI is InChI=1S/C13H26/c1-10-12(4,5)8-11(2,3)9-13(10,6)7/h10H,8-9H2,1-7H3. The molecule has 0 nitrogen and oxygen atoms in total. The number of rotatable bonds is 0. The fourth-order valence-electron chi connectivity index (χ4n) is 3.89. The van der Waals surface area contributed by atoms with Crippen molar-refractivity contribution in [1.29, 1.82) is 0 Å². The van der Waals surface area contributed by atoms with Crippen LogP contribution in [0.3, 0.4) is 0 Å². The van der Waals surface area contributed by atoms with Gasteiger partial charge in [-0.1, -0.05) is 48.5 Å². The summed E-state index contributed by atoms with van der Waals surface area (Å²) in [6, 6.07) is 0. The second-order valence-electron chi connectivity index (χ2n) is 7.22. The van der Waals surface area contributed by atoms with Crippen LogP contribution in [0.4, 0.5) is 0 Å². The van der Waals surface area contributed by atoms with E-state index in [1.165, 1.54) is 12.8 Å². The van der Waals surface area contributed by atoms with E-state index in [0.29, 0.717) is 16.2 Å². The SMILES string of the molecule is CC1C(C)(C)CC(C)(C)CC1(C)C. The smallest absolute Gasteiger partial charge is 0.0318 e. The van der Waals surface area contributed by atoms with E-state index < -0.39 is 0 Å². The predicted molar refractivity (Wildman–Crippen MR) is 59.7 cm³/mol. The van der Waals surface area contributed by atoms with Crippen molar-refractivity contribution in [3.8, 4) is 0 Å². The maximum atomic E-state index is 2.43. The van der Waals surface area contributed by atoms with Crippen LogP contribution in [0.1, 0.15) is 61.3 Å². The molecule has 0 N–H and O–H groups in total. The summed E-state index contributed by atoms with van der Waals surface area (Å²) in [7, 11) is 0. The molecule has 1 aliphatic rings. The molecule has 1 rings (SSSR count). The van der Waals surface area contributed by atoms with Crippen LogP contribution in [-0.4, -0.2) is 0 Å². The molecule has 0 heteroatoms. The minimum Gasteiger partial charge on any atom is -0.0615 e. The zero-order valence-corrected chi connectivity index (χ0v) is 10.5. The lowest BCUT2D eigenvalue weighted by Gasteiger charge is -2.54. The predicted octanol–water partition coefficient (Wildman–Crippen LogP) is 4.49. The van der Waals surface area contributed by atoms with E-state index in [4.69, 9.17) is 0 Å². The van der Waals surface area contributed by atoms with Crippen molar-refractivity contribution in [1.82, 2.24) is 0 Å². The molecule has 78 valence electrons. The molecule has 0 aliphatic heterocycles. The molecule has 0 atom stereocenters. The molecule has 0 aromatic carbocycles. The maximum Gasteiger partial charge on any atom is -0.0318 e. The third-order valence-electron chi connectivity index (χ3n) is 4.21. The van der Waals surface area contributed by atoms with Gasteiger partial charge in [0, 0.05) is 0 Å². The third kappa shape index (κ3) is 2.08. The van der Waals surface area contributed by atoms with Crippen molar-refractivity contribution in [2.75, 3.05) is 0 Å². The molecule has 0 aromatic rings. The number of hydrogen-bond acceptors (Lipinski definition) is 0. The average Bonchev–Trinajstić information content (AvgIpc) is 1.77. The van der Waals surface area contributed by atoms with Gasteiger partial charge in [0.2, 0.25) is 0 Å². The van der Waals surface area contributed by atoms with Crippen molar-refractivity contribution < 1.29 is 0 Å². The lowest BCUT2D eigenvalue weighted by molar-refractivity contribution is -0.0423. The molecule has 0 radical (unpaired) electrons. The number of hydrogen-bond donors (Lipinski definition) is 0. The molecule has 0 unspecified atom stereocenters. The maximum absolute atomic E-state index is 2.43. The Morgan fingerprint density at radius 2 is 1.08 bits per heavy atom.